The summed E-state index contributed by atoms with van der Waals surface area (Å²) in [6.07, 6.45) is 2.05. The van der Waals surface area contributed by atoms with Crippen molar-refractivity contribution in [2.24, 2.45) is 5.92 Å². The Morgan fingerprint density at radius 1 is 1.41 bits per heavy atom. The number of anilines is 1. The Balaban J connectivity index is 1.95. The van der Waals surface area contributed by atoms with E-state index in [9.17, 15) is 4.79 Å². The molecule has 0 aliphatic heterocycles. The summed E-state index contributed by atoms with van der Waals surface area (Å²) in [6.45, 7) is 4.14. The van der Waals surface area contributed by atoms with Crippen molar-refractivity contribution < 1.29 is 4.79 Å². The molecule has 0 spiro atoms. The summed E-state index contributed by atoms with van der Waals surface area (Å²) in [7, 11) is 0. The molecule has 4 heteroatoms. The van der Waals surface area contributed by atoms with Crippen molar-refractivity contribution in [3.8, 4) is 0 Å². The van der Waals surface area contributed by atoms with E-state index in [1.807, 2.05) is 0 Å². The number of nitrogens with zero attached hydrogens (tertiary/aromatic N) is 1. The van der Waals surface area contributed by atoms with E-state index in [-0.39, 0.29) is 11.8 Å². The molecule has 3 nitrogen and oxygen atoms in total. The lowest BCUT2D eigenvalue weighted by Gasteiger charge is -1.97. The molecule has 1 N–H and O–H groups in total. The molecule has 17 heavy (non-hydrogen) atoms. The molecule has 1 aliphatic carbocycles. The molecule has 0 unspecified atom stereocenters. The zero-order valence-electron chi connectivity index (χ0n) is 9.91. The predicted molar refractivity (Wildman–Crippen MR) is 70.4 cm³/mol. The maximum Gasteiger partial charge on any atom is 0.229 e. The van der Waals surface area contributed by atoms with Crippen molar-refractivity contribution in [1.29, 1.82) is 0 Å². The third kappa shape index (κ3) is 2.05. The van der Waals surface area contributed by atoms with Crippen LogP contribution in [0.3, 0.4) is 0 Å². The van der Waals surface area contributed by atoms with Crippen molar-refractivity contribution in [2.75, 3.05) is 5.32 Å². The summed E-state index contributed by atoms with van der Waals surface area (Å²) in [5.74, 6) is 0.350. The molecule has 1 aromatic carbocycles. The average Bonchev–Trinajstić information content (AvgIpc) is 3.01. The highest BCUT2D eigenvalue weighted by Crippen LogP contribution is 2.33. The first-order valence-electron chi connectivity index (χ1n) is 5.82. The summed E-state index contributed by atoms with van der Waals surface area (Å²) >= 11 is 1.56. The highest BCUT2D eigenvalue weighted by atomic mass is 32.1. The van der Waals surface area contributed by atoms with Crippen LogP contribution < -0.4 is 5.32 Å². The lowest BCUT2D eigenvalue weighted by Crippen LogP contribution is -2.12. The molecule has 1 saturated carbocycles. The number of nitrogens with one attached hydrogen (secondary N) is 1. The summed E-state index contributed by atoms with van der Waals surface area (Å²) in [4.78, 5) is 16.1. The smallest absolute Gasteiger partial charge is 0.229 e. The molecule has 1 heterocycles. The largest absolute Gasteiger partial charge is 0.302 e. The number of amides is 1. The van der Waals surface area contributed by atoms with Crippen LogP contribution in [0.4, 0.5) is 5.13 Å². The van der Waals surface area contributed by atoms with Crippen LogP contribution in [-0.4, -0.2) is 10.9 Å². The van der Waals surface area contributed by atoms with Crippen molar-refractivity contribution in [1.82, 2.24) is 4.98 Å². The Morgan fingerprint density at radius 3 is 2.88 bits per heavy atom. The Labute approximate surface area is 104 Å². The summed E-state index contributed by atoms with van der Waals surface area (Å²) in [6, 6.07) is 4.24. The Bertz CT molecular complexity index is 599. The van der Waals surface area contributed by atoms with Crippen molar-refractivity contribution in [2.45, 2.75) is 26.7 Å². The molecular formula is C13H14N2OS. The first-order chi connectivity index (χ1) is 8.13. The number of thiazole rings is 1. The van der Waals surface area contributed by atoms with Gasteiger partial charge in [0.25, 0.3) is 0 Å². The van der Waals surface area contributed by atoms with Crippen LogP contribution in [0.5, 0.6) is 0 Å². The van der Waals surface area contributed by atoms with Crippen LogP contribution >= 0.6 is 11.3 Å². The van der Waals surface area contributed by atoms with Gasteiger partial charge in [0.2, 0.25) is 5.91 Å². The summed E-state index contributed by atoms with van der Waals surface area (Å²) in [5.41, 5.74) is 3.41. The summed E-state index contributed by atoms with van der Waals surface area (Å²) in [5, 5.41) is 3.64. The van der Waals surface area contributed by atoms with E-state index in [0.717, 1.165) is 28.2 Å². The van der Waals surface area contributed by atoms with E-state index in [1.54, 1.807) is 11.3 Å². The van der Waals surface area contributed by atoms with Gasteiger partial charge in [-0.05, 0) is 43.9 Å². The average molecular weight is 246 g/mol. The molecule has 1 fully saturated rings. The normalized spacial score (nSPS) is 15.2. The molecule has 2 aromatic rings. The van der Waals surface area contributed by atoms with Gasteiger partial charge >= 0.3 is 0 Å². The molecule has 1 amide bonds. The van der Waals surface area contributed by atoms with Crippen LogP contribution in [0.15, 0.2) is 12.1 Å². The highest BCUT2D eigenvalue weighted by molar-refractivity contribution is 7.22. The summed E-state index contributed by atoms with van der Waals surface area (Å²) < 4.78 is 1.15. The van der Waals surface area contributed by atoms with Crippen LogP contribution in [-0.2, 0) is 4.79 Å². The van der Waals surface area contributed by atoms with Gasteiger partial charge in [-0.3, -0.25) is 4.79 Å². The van der Waals surface area contributed by atoms with Crippen molar-refractivity contribution in [3.05, 3.63) is 23.3 Å². The minimum atomic E-state index is 0.124. The van der Waals surface area contributed by atoms with Crippen molar-refractivity contribution in [3.63, 3.8) is 0 Å². The van der Waals surface area contributed by atoms with Crippen LogP contribution in [0.2, 0.25) is 0 Å². The van der Waals surface area contributed by atoms with Gasteiger partial charge < -0.3 is 5.32 Å². The molecular weight excluding hydrogens is 232 g/mol. The van der Waals surface area contributed by atoms with Crippen LogP contribution in [0, 0.1) is 19.8 Å². The fourth-order valence-electron chi connectivity index (χ4n) is 1.98. The van der Waals surface area contributed by atoms with Crippen molar-refractivity contribution >= 4 is 32.6 Å². The highest BCUT2D eigenvalue weighted by Gasteiger charge is 2.30. The lowest BCUT2D eigenvalue weighted by molar-refractivity contribution is -0.117. The molecule has 0 atom stereocenters. The molecule has 0 saturated heterocycles. The number of rotatable bonds is 2. The number of carbonyl (C=O) groups excluding carboxylic acids is 1. The fraction of sp³-hybridized carbons (Fsp3) is 0.385. The van der Waals surface area contributed by atoms with E-state index in [0.29, 0.717) is 0 Å². The van der Waals surface area contributed by atoms with Gasteiger partial charge in [-0.1, -0.05) is 17.4 Å². The second kappa shape index (κ2) is 3.81. The second-order valence-electron chi connectivity index (χ2n) is 4.71. The van der Waals surface area contributed by atoms with Gasteiger partial charge in [-0.25, -0.2) is 4.98 Å². The zero-order chi connectivity index (χ0) is 12.0. The quantitative estimate of drug-likeness (QED) is 0.883. The van der Waals surface area contributed by atoms with E-state index >= 15 is 0 Å². The number of benzene rings is 1. The molecule has 88 valence electrons. The maximum atomic E-state index is 11.7. The lowest BCUT2D eigenvalue weighted by atomic mass is 10.1. The number of aromatic nitrogens is 1. The molecule has 0 radical (unpaired) electrons. The first-order valence-corrected chi connectivity index (χ1v) is 6.64. The van der Waals surface area contributed by atoms with Gasteiger partial charge in [0.05, 0.1) is 10.2 Å². The third-order valence-corrected chi connectivity index (χ3v) is 3.93. The topological polar surface area (TPSA) is 42.0 Å². The van der Waals surface area contributed by atoms with Crippen LogP contribution in [0.25, 0.3) is 10.2 Å². The van der Waals surface area contributed by atoms with E-state index in [4.69, 9.17) is 0 Å². The molecule has 1 aliphatic rings. The maximum absolute atomic E-state index is 11.7. The van der Waals surface area contributed by atoms with Gasteiger partial charge in [0, 0.05) is 5.92 Å². The van der Waals surface area contributed by atoms with E-state index in [1.165, 1.54) is 11.1 Å². The minimum absolute atomic E-state index is 0.124. The first kappa shape index (κ1) is 10.7. The predicted octanol–water partition coefficient (Wildman–Crippen LogP) is 3.26. The number of carbonyl (C=O) groups is 1. The standard InChI is InChI=1S/C13H14N2OS/c1-7-5-8(2)11-10(6-7)17-13(14-11)15-12(16)9-3-4-9/h5-6,9H,3-4H2,1-2H3,(H,14,15,16). The van der Waals surface area contributed by atoms with E-state index in [2.05, 4.69) is 36.3 Å². The Hall–Kier alpha value is -1.42. The van der Waals surface area contributed by atoms with Gasteiger partial charge in [-0.15, -0.1) is 0 Å². The Kier molecular flexibility index (Phi) is 2.40. The molecule has 0 bridgehead atoms. The minimum Gasteiger partial charge on any atom is -0.302 e. The number of aryl methyl sites for hydroxylation is 2. The SMILES string of the molecule is Cc1cc(C)c2nc(NC(=O)C3CC3)sc2c1. The van der Waals surface area contributed by atoms with Gasteiger partial charge in [0.1, 0.15) is 0 Å². The van der Waals surface area contributed by atoms with Gasteiger partial charge in [-0.2, -0.15) is 0 Å². The Morgan fingerprint density at radius 2 is 2.18 bits per heavy atom. The molecule has 1 aromatic heterocycles. The molecule has 3 rings (SSSR count). The second-order valence-corrected chi connectivity index (χ2v) is 5.74. The number of fused-ring (bicyclic) bond motifs is 1. The number of hydrogen-bond acceptors (Lipinski definition) is 3. The van der Waals surface area contributed by atoms with Crippen LogP contribution in [0.1, 0.15) is 24.0 Å². The zero-order valence-corrected chi connectivity index (χ0v) is 10.7. The number of hydrogen-bond donors (Lipinski definition) is 1. The van der Waals surface area contributed by atoms with Gasteiger partial charge in [0.15, 0.2) is 5.13 Å². The monoisotopic (exact) mass is 246 g/mol. The van der Waals surface area contributed by atoms with E-state index < -0.39 is 0 Å². The fourth-order valence-corrected chi connectivity index (χ4v) is 3.02. The third-order valence-electron chi connectivity index (χ3n) is 3.01.